The Hall–Kier alpha value is -2.77. The monoisotopic (exact) mass is 452 g/mol. The molecule has 0 saturated heterocycles. The number of rotatable bonds is 7. The molecule has 0 atom stereocenters. The van der Waals surface area contributed by atoms with Gasteiger partial charge >= 0.3 is 0 Å². The highest BCUT2D eigenvalue weighted by molar-refractivity contribution is 7.90. The molecule has 1 aliphatic carbocycles. The van der Waals surface area contributed by atoms with Crippen molar-refractivity contribution in [3.05, 3.63) is 71.9 Å². The van der Waals surface area contributed by atoms with Gasteiger partial charge in [-0.1, -0.05) is 66.7 Å². The third-order valence-corrected chi connectivity index (χ3v) is 6.91. The van der Waals surface area contributed by atoms with Crippen LogP contribution in [0.5, 0.6) is 0 Å². The number of sulfonamides is 1. The number of hydrogen-bond donors (Lipinski definition) is 1. The van der Waals surface area contributed by atoms with Crippen molar-refractivity contribution in [3.8, 4) is 11.3 Å². The molecule has 3 aromatic rings. The van der Waals surface area contributed by atoms with Gasteiger partial charge in [-0.3, -0.25) is 0 Å². The van der Waals surface area contributed by atoms with Crippen molar-refractivity contribution < 1.29 is 8.42 Å². The fraction of sp³-hybridized carbons (Fsp3) is 0.360. The number of nitrogens with one attached hydrogen (secondary N) is 1. The van der Waals surface area contributed by atoms with Gasteiger partial charge < -0.3 is 0 Å². The van der Waals surface area contributed by atoms with Gasteiger partial charge in [0.1, 0.15) is 11.4 Å². The van der Waals surface area contributed by atoms with Gasteiger partial charge in [0, 0.05) is 11.6 Å². The van der Waals surface area contributed by atoms with Gasteiger partial charge in [-0.05, 0) is 52.2 Å². The van der Waals surface area contributed by atoms with Crippen molar-refractivity contribution in [3.63, 3.8) is 0 Å². The predicted octanol–water partition coefficient (Wildman–Crippen LogP) is 5.17. The van der Waals surface area contributed by atoms with E-state index in [4.69, 9.17) is 0 Å². The first-order valence-electron chi connectivity index (χ1n) is 11.0. The van der Waals surface area contributed by atoms with E-state index in [1.165, 1.54) is 0 Å². The molecule has 1 fully saturated rings. The van der Waals surface area contributed by atoms with Crippen LogP contribution in [-0.2, 0) is 10.0 Å². The van der Waals surface area contributed by atoms with Crippen LogP contribution >= 0.6 is 0 Å². The summed E-state index contributed by atoms with van der Waals surface area (Å²) in [6.07, 6.45) is 5.77. The minimum atomic E-state index is -2.94. The summed E-state index contributed by atoms with van der Waals surface area (Å²) in [6, 6.07) is 20.7. The molecule has 0 aliphatic heterocycles. The summed E-state index contributed by atoms with van der Waals surface area (Å²) in [5, 5.41) is 9.18. The van der Waals surface area contributed by atoms with Gasteiger partial charge in [-0.15, -0.1) is 0 Å². The largest absolute Gasteiger partial charge is 0.214 e. The Morgan fingerprint density at radius 3 is 2.03 bits per heavy atom. The van der Waals surface area contributed by atoms with Crippen molar-refractivity contribution in [2.24, 2.45) is 0 Å². The Morgan fingerprint density at radius 1 is 0.906 bits per heavy atom. The van der Waals surface area contributed by atoms with Crippen LogP contribution in [0.2, 0.25) is 0 Å². The maximum atomic E-state index is 11.1. The van der Waals surface area contributed by atoms with Crippen molar-refractivity contribution in [1.29, 1.82) is 0 Å². The first-order chi connectivity index (χ1) is 15.3. The summed E-state index contributed by atoms with van der Waals surface area (Å²) in [5.74, 6) is 0. The Kier molecular flexibility index (Phi) is 7.99. The summed E-state index contributed by atoms with van der Waals surface area (Å²) < 4.78 is 24.7. The standard InChI is InChI=1S/C19H19N3.C6H13NO2S/c1-15(2)22-20-18(14-13-16-9-5-3-6-10-16)19(21-22)17-11-7-4-8-12-17;1-5(2)7-10(8,9)6-3-4-6/h3-15H,1-2H3;5-7H,3-4H2,1-2H3/b14-13+;. The van der Waals surface area contributed by atoms with E-state index < -0.39 is 10.0 Å². The summed E-state index contributed by atoms with van der Waals surface area (Å²) in [5.41, 5.74) is 4.05. The number of benzene rings is 2. The molecule has 2 aromatic carbocycles. The molecule has 32 heavy (non-hydrogen) atoms. The van der Waals surface area contributed by atoms with Gasteiger partial charge in [0.25, 0.3) is 0 Å². The Morgan fingerprint density at radius 2 is 1.50 bits per heavy atom. The lowest BCUT2D eigenvalue weighted by atomic mass is 10.1. The molecule has 4 rings (SSSR count). The lowest BCUT2D eigenvalue weighted by molar-refractivity contribution is 0.466. The third kappa shape index (κ3) is 6.87. The van der Waals surface area contributed by atoms with E-state index in [1.54, 1.807) is 4.80 Å². The molecule has 170 valence electrons. The number of nitrogens with zero attached hydrogens (tertiary/aromatic N) is 3. The van der Waals surface area contributed by atoms with Gasteiger partial charge in [0.05, 0.1) is 11.3 Å². The molecule has 0 radical (unpaired) electrons. The fourth-order valence-corrected chi connectivity index (χ4v) is 4.63. The lowest BCUT2D eigenvalue weighted by Gasteiger charge is -2.07. The van der Waals surface area contributed by atoms with Crippen LogP contribution in [0.3, 0.4) is 0 Å². The molecule has 0 bridgehead atoms. The van der Waals surface area contributed by atoms with E-state index in [-0.39, 0.29) is 17.3 Å². The molecule has 1 saturated carbocycles. The SMILES string of the molecule is CC(C)NS(=O)(=O)C1CC1.CC(C)n1nc(/C=C/c2ccccc2)c(-c2ccccc2)n1. The number of hydrogen-bond acceptors (Lipinski definition) is 4. The smallest absolute Gasteiger partial charge is 0.212 e. The second kappa shape index (κ2) is 10.7. The van der Waals surface area contributed by atoms with Crippen molar-refractivity contribution in [2.45, 2.75) is 57.9 Å². The summed E-state index contributed by atoms with van der Waals surface area (Å²) in [7, 11) is -2.94. The average Bonchev–Trinajstić information content (AvgIpc) is 3.54. The zero-order chi connectivity index (χ0) is 23.1. The second-order valence-corrected chi connectivity index (χ2v) is 10.5. The van der Waals surface area contributed by atoms with Crippen LogP contribution in [0.15, 0.2) is 60.7 Å². The first-order valence-corrected chi connectivity index (χ1v) is 12.6. The van der Waals surface area contributed by atoms with Crippen LogP contribution in [0.25, 0.3) is 23.4 Å². The topological polar surface area (TPSA) is 76.9 Å². The molecule has 0 unspecified atom stereocenters. The Labute approximate surface area is 191 Å². The molecule has 7 heteroatoms. The van der Waals surface area contributed by atoms with Crippen molar-refractivity contribution in [2.75, 3.05) is 0 Å². The molecule has 0 amide bonds. The highest BCUT2D eigenvalue weighted by Crippen LogP contribution is 2.27. The summed E-state index contributed by atoms with van der Waals surface area (Å²) >= 11 is 0. The normalized spacial score (nSPS) is 14.1. The summed E-state index contributed by atoms with van der Waals surface area (Å²) in [6.45, 7) is 7.83. The van der Waals surface area contributed by atoms with Gasteiger partial charge in [0.15, 0.2) is 0 Å². The summed E-state index contributed by atoms with van der Waals surface area (Å²) in [4.78, 5) is 1.77. The van der Waals surface area contributed by atoms with Gasteiger partial charge in [-0.25, -0.2) is 13.1 Å². The minimum Gasteiger partial charge on any atom is -0.212 e. The van der Waals surface area contributed by atoms with Crippen molar-refractivity contribution in [1.82, 2.24) is 19.7 Å². The first kappa shape index (κ1) is 23.9. The molecule has 1 aromatic heterocycles. The van der Waals surface area contributed by atoms with Crippen molar-refractivity contribution >= 4 is 22.2 Å². The van der Waals surface area contributed by atoms with Crippen LogP contribution < -0.4 is 4.72 Å². The third-order valence-electron chi connectivity index (χ3n) is 4.76. The fourth-order valence-electron chi connectivity index (χ4n) is 3.02. The van der Waals surface area contributed by atoms with E-state index in [0.717, 1.165) is 35.4 Å². The molecule has 1 aliphatic rings. The molecular formula is C25H32N4O2S. The highest BCUT2D eigenvalue weighted by Gasteiger charge is 2.35. The second-order valence-electron chi connectivity index (χ2n) is 8.47. The molecule has 1 heterocycles. The Balaban J connectivity index is 0.000000243. The van der Waals surface area contributed by atoms with Crippen LogP contribution in [0.4, 0.5) is 0 Å². The maximum absolute atomic E-state index is 11.1. The molecular weight excluding hydrogens is 420 g/mol. The lowest BCUT2D eigenvalue weighted by Crippen LogP contribution is -2.32. The van der Waals surface area contributed by atoms with E-state index in [9.17, 15) is 8.42 Å². The van der Waals surface area contributed by atoms with E-state index >= 15 is 0 Å². The Bertz CT molecular complexity index is 1120. The number of aromatic nitrogens is 3. The predicted molar refractivity (Wildman–Crippen MR) is 131 cm³/mol. The highest BCUT2D eigenvalue weighted by atomic mass is 32.2. The van der Waals surface area contributed by atoms with Crippen LogP contribution in [-0.4, -0.2) is 34.7 Å². The minimum absolute atomic E-state index is 0.0330. The zero-order valence-electron chi connectivity index (χ0n) is 19.1. The molecule has 6 nitrogen and oxygen atoms in total. The van der Waals surface area contributed by atoms with Crippen LogP contribution in [0, 0.1) is 0 Å². The van der Waals surface area contributed by atoms with Gasteiger partial charge in [-0.2, -0.15) is 15.0 Å². The molecule has 1 N–H and O–H groups in total. The zero-order valence-corrected chi connectivity index (χ0v) is 20.0. The van der Waals surface area contributed by atoms with E-state index in [0.29, 0.717) is 0 Å². The molecule has 0 spiro atoms. The quantitative estimate of drug-likeness (QED) is 0.536. The average molecular weight is 453 g/mol. The maximum Gasteiger partial charge on any atom is 0.214 e. The van der Waals surface area contributed by atoms with Gasteiger partial charge in [0.2, 0.25) is 10.0 Å². The van der Waals surface area contributed by atoms with E-state index in [1.807, 2.05) is 56.3 Å². The van der Waals surface area contributed by atoms with E-state index in [2.05, 4.69) is 59.1 Å². The van der Waals surface area contributed by atoms with Crippen LogP contribution in [0.1, 0.15) is 57.8 Å².